The van der Waals surface area contributed by atoms with Crippen LogP contribution in [0.15, 0.2) is 35.6 Å². The fourth-order valence-electron chi connectivity index (χ4n) is 5.10. The molecule has 0 N–H and O–H groups in total. The standard InChI is InChI=1S/C19H21NO2/c1-11-4-5-12-10-14-13-6-7-15(21-3)18-19(13,8-9-20(14)2)16(12)17(11)22-18/h4-7,14,18H,8-10H2,1-3H3/t14-,18+,19+/m1/s1. The largest absolute Gasteiger partial charge is 0.497 e. The number of benzene rings is 1. The van der Waals surface area contributed by atoms with Crippen molar-refractivity contribution >= 4 is 0 Å². The highest BCUT2D eigenvalue weighted by Gasteiger charge is 2.61. The summed E-state index contributed by atoms with van der Waals surface area (Å²) in [6.45, 7) is 3.27. The first-order valence-corrected chi connectivity index (χ1v) is 8.13. The SMILES string of the molecule is COC1=CC=C2[C@H]3Cc4ccc(C)c5c4[C@@]2(CCN3C)[C@H]1O5. The van der Waals surface area contributed by atoms with E-state index in [1.54, 1.807) is 7.11 Å². The summed E-state index contributed by atoms with van der Waals surface area (Å²) < 4.78 is 12.2. The van der Waals surface area contributed by atoms with E-state index in [1.807, 2.05) is 0 Å². The summed E-state index contributed by atoms with van der Waals surface area (Å²) >= 11 is 0. The van der Waals surface area contributed by atoms with Crippen LogP contribution in [0.5, 0.6) is 5.75 Å². The molecule has 1 fully saturated rings. The van der Waals surface area contributed by atoms with Crippen molar-refractivity contribution in [1.82, 2.24) is 4.90 Å². The smallest absolute Gasteiger partial charge is 0.169 e. The molecule has 4 aliphatic rings. The minimum absolute atomic E-state index is 0.00616. The lowest BCUT2D eigenvalue weighted by atomic mass is 9.57. The molecule has 2 heterocycles. The lowest BCUT2D eigenvalue weighted by Gasteiger charge is -2.52. The summed E-state index contributed by atoms with van der Waals surface area (Å²) in [6, 6.07) is 5.02. The molecule has 2 aliphatic heterocycles. The first-order chi connectivity index (χ1) is 10.7. The third-order valence-corrected chi connectivity index (χ3v) is 6.17. The molecule has 0 unspecified atom stereocenters. The molecule has 0 saturated carbocycles. The maximum atomic E-state index is 6.50. The van der Waals surface area contributed by atoms with Gasteiger partial charge in [-0.15, -0.1) is 0 Å². The Labute approximate surface area is 131 Å². The zero-order valence-electron chi connectivity index (χ0n) is 13.3. The second-order valence-electron chi connectivity index (χ2n) is 7.06. The fraction of sp³-hybridized carbons (Fsp3) is 0.474. The molecular weight excluding hydrogens is 274 g/mol. The highest BCUT2D eigenvalue weighted by Crippen LogP contribution is 2.61. The first kappa shape index (κ1) is 12.8. The predicted octanol–water partition coefficient (Wildman–Crippen LogP) is 2.72. The van der Waals surface area contributed by atoms with Crippen molar-refractivity contribution in [3.8, 4) is 5.75 Å². The molecule has 3 atom stereocenters. The van der Waals surface area contributed by atoms with Crippen molar-refractivity contribution < 1.29 is 9.47 Å². The topological polar surface area (TPSA) is 21.7 Å². The van der Waals surface area contributed by atoms with Crippen molar-refractivity contribution in [3.63, 3.8) is 0 Å². The fourth-order valence-corrected chi connectivity index (χ4v) is 5.10. The van der Waals surface area contributed by atoms with E-state index in [2.05, 4.69) is 43.2 Å². The van der Waals surface area contributed by atoms with Crippen molar-refractivity contribution in [2.45, 2.75) is 37.3 Å². The highest BCUT2D eigenvalue weighted by atomic mass is 16.5. The van der Waals surface area contributed by atoms with Crippen LogP contribution >= 0.6 is 0 Å². The van der Waals surface area contributed by atoms with Crippen LogP contribution in [0.2, 0.25) is 0 Å². The summed E-state index contributed by atoms with van der Waals surface area (Å²) in [5.41, 5.74) is 5.70. The van der Waals surface area contributed by atoms with Crippen LogP contribution < -0.4 is 4.74 Å². The maximum absolute atomic E-state index is 6.50. The summed E-state index contributed by atoms with van der Waals surface area (Å²) in [7, 11) is 4.01. The van der Waals surface area contributed by atoms with Gasteiger partial charge in [-0.25, -0.2) is 0 Å². The molecule has 2 bridgehead atoms. The molecule has 1 aromatic carbocycles. The zero-order valence-corrected chi connectivity index (χ0v) is 13.3. The molecule has 0 amide bonds. The number of piperidine rings is 1. The molecule has 3 heteroatoms. The summed E-state index contributed by atoms with van der Waals surface area (Å²) in [6.07, 6.45) is 6.65. The van der Waals surface area contributed by atoms with Crippen LogP contribution in [-0.2, 0) is 16.6 Å². The molecular formula is C19H21NO2. The van der Waals surface area contributed by atoms with Crippen molar-refractivity contribution in [3.05, 3.63) is 52.3 Å². The normalized spacial score (nSPS) is 34.5. The van der Waals surface area contributed by atoms with E-state index in [0.717, 1.165) is 30.9 Å². The number of rotatable bonds is 1. The molecule has 0 aromatic heterocycles. The number of ether oxygens (including phenoxy) is 2. The van der Waals surface area contributed by atoms with E-state index in [-0.39, 0.29) is 11.5 Å². The van der Waals surface area contributed by atoms with Gasteiger partial charge < -0.3 is 9.47 Å². The summed E-state index contributed by atoms with van der Waals surface area (Å²) in [5, 5.41) is 0. The van der Waals surface area contributed by atoms with Gasteiger partial charge in [0.25, 0.3) is 0 Å². The van der Waals surface area contributed by atoms with Gasteiger partial charge in [0.05, 0.1) is 12.5 Å². The Balaban J connectivity index is 1.86. The number of likely N-dealkylation sites (tertiary alicyclic amines) is 1. The Morgan fingerprint density at radius 1 is 1.32 bits per heavy atom. The molecule has 2 aliphatic carbocycles. The summed E-state index contributed by atoms with van der Waals surface area (Å²) in [5.74, 6) is 2.08. The minimum atomic E-state index is 0.00616. The second kappa shape index (κ2) is 3.96. The molecule has 22 heavy (non-hydrogen) atoms. The third-order valence-electron chi connectivity index (χ3n) is 6.17. The van der Waals surface area contributed by atoms with Gasteiger partial charge in [-0.1, -0.05) is 18.2 Å². The molecule has 3 nitrogen and oxygen atoms in total. The minimum Gasteiger partial charge on any atom is -0.497 e. The average Bonchev–Trinajstić information content (AvgIpc) is 2.88. The third kappa shape index (κ3) is 1.24. The van der Waals surface area contributed by atoms with Gasteiger partial charge in [0.2, 0.25) is 0 Å². The quantitative estimate of drug-likeness (QED) is 0.795. The number of hydrogen-bond acceptors (Lipinski definition) is 3. The van der Waals surface area contributed by atoms with Crippen molar-refractivity contribution in [2.24, 2.45) is 0 Å². The van der Waals surface area contributed by atoms with Crippen LogP contribution in [0.3, 0.4) is 0 Å². The highest BCUT2D eigenvalue weighted by molar-refractivity contribution is 5.65. The van der Waals surface area contributed by atoms with Crippen molar-refractivity contribution in [2.75, 3.05) is 20.7 Å². The number of methoxy groups -OCH3 is 1. The average molecular weight is 295 g/mol. The number of nitrogens with zero attached hydrogens (tertiary/aromatic N) is 1. The lowest BCUT2D eigenvalue weighted by Crippen LogP contribution is -2.58. The number of likely N-dealkylation sites (N-methyl/N-ethyl adjacent to an activating group) is 1. The Morgan fingerprint density at radius 3 is 3.00 bits per heavy atom. The van der Waals surface area contributed by atoms with Gasteiger partial charge in [-0.2, -0.15) is 0 Å². The van der Waals surface area contributed by atoms with Gasteiger partial charge in [-0.05, 0) is 56.1 Å². The van der Waals surface area contributed by atoms with Gasteiger partial charge >= 0.3 is 0 Å². The Hall–Kier alpha value is -1.74. The Bertz CT molecular complexity index is 748. The maximum Gasteiger partial charge on any atom is 0.169 e. The molecule has 5 rings (SSSR count). The van der Waals surface area contributed by atoms with Gasteiger partial charge in [0, 0.05) is 11.6 Å². The first-order valence-electron chi connectivity index (χ1n) is 8.13. The Morgan fingerprint density at radius 2 is 2.18 bits per heavy atom. The van der Waals surface area contributed by atoms with Gasteiger partial charge in [0.15, 0.2) is 6.10 Å². The van der Waals surface area contributed by atoms with Crippen LogP contribution in [0, 0.1) is 6.92 Å². The molecule has 1 saturated heterocycles. The van der Waals surface area contributed by atoms with E-state index in [4.69, 9.17) is 9.47 Å². The number of allylic oxidation sites excluding steroid dienone is 2. The predicted molar refractivity (Wildman–Crippen MR) is 85.2 cm³/mol. The second-order valence-corrected chi connectivity index (χ2v) is 7.06. The van der Waals surface area contributed by atoms with E-state index in [1.165, 1.54) is 22.3 Å². The van der Waals surface area contributed by atoms with Crippen LogP contribution in [0.1, 0.15) is 23.1 Å². The monoisotopic (exact) mass is 295 g/mol. The molecule has 114 valence electrons. The molecule has 0 radical (unpaired) electrons. The van der Waals surface area contributed by atoms with E-state index in [0.29, 0.717) is 6.04 Å². The van der Waals surface area contributed by atoms with E-state index < -0.39 is 0 Å². The van der Waals surface area contributed by atoms with Crippen LogP contribution in [0.25, 0.3) is 0 Å². The van der Waals surface area contributed by atoms with Crippen LogP contribution in [0.4, 0.5) is 0 Å². The van der Waals surface area contributed by atoms with Crippen molar-refractivity contribution in [1.29, 1.82) is 0 Å². The Kier molecular flexibility index (Phi) is 2.30. The summed E-state index contributed by atoms with van der Waals surface area (Å²) in [4.78, 5) is 2.50. The van der Waals surface area contributed by atoms with E-state index >= 15 is 0 Å². The van der Waals surface area contributed by atoms with E-state index in [9.17, 15) is 0 Å². The van der Waals surface area contributed by atoms with Crippen LogP contribution in [-0.4, -0.2) is 37.7 Å². The number of hydrogen-bond donors (Lipinski definition) is 0. The number of aryl methyl sites for hydroxylation is 1. The van der Waals surface area contributed by atoms with Gasteiger partial charge in [-0.3, -0.25) is 4.90 Å². The zero-order chi connectivity index (χ0) is 15.1. The molecule has 1 aromatic rings. The van der Waals surface area contributed by atoms with Gasteiger partial charge in [0.1, 0.15) is 11.5 Å². The molecule has 1 spiro atoms. The lowest BCUT2D eigenvalue weighted by molar-refractivity contribution is 0.0741.